The van der Waals surface area contributed by atoms with Crippen LogP contribution < -0.4 is 5.32 Å². The smallest absolute Gasteiger partial charge is 0.246 e. The number of unbranched alkanes of at least 4 members (excludes halogenated alkanes) is 1. The Morgan fingerprint density at radius 2 is 1.94 bits per heavy atom. The number of thiazole rings is 1. The van der Waals surface area contributed by atoms with Gasteiger partial charge in [-0.15, -0.1) is 11.3 Å². The van der Waals surface area contributed by atoms with Crippen LogP contribution in [0.4, 0.5) is 0 Å². The molecule has 2 aromatic rings. The largest absolute Gasteiger partial charge is 0.342 e. The van der Waals surface area contributed by atoms with E-state index in [4.69, 9.17) is 4.98 Å². The highest BCUT2D eigenvalue weighted by Gasteiger charge is 2.53. The van der Waals surface area contributed by atoms with Crippen molar-refractivity contribution in [2.45, 2.75) is 71.0 Å². The van der Waals surface area contributed by atoms with Crippen molar-refractivity contribution in [2.24, 2.45) is 5.92 Å². The van der Waals surface area contributed by atoms with Crippen molar-refractivity contribution >= 4 is 23.2 Å². The van der Waals surface area contributed by atoms with E-state index in [1.54, 1.807) is 23.7 Å². The van der Waals surface area contributed by atoms with Crippen LogP contribution >= 0.6 is 11.3 Å². The normalized spacial score (nSPS) is 21.1. The first-order valence-corrected chi connectivity index (χ1v) is 13.0. The third kappa shape index (κ3) is 5.11. The predicted molar refractivity (Wildman–Crippen MR) is 131 cm³/mol. The van der Waals surface area contributed by atoms with Gasteiger partial charge in [-0.1, -0.05) is 27.2 Å². The average Bonchev–Trinajstić information content (AvgIpc) is 3.28. The number of piperidine rings is 1. The molecule has 2 aliphatic heterocycles. The molecule has 2 aliphatic rings. The van der Waals surface area contributed by atoms with Gasteiger partial charge >= 0.3 is 0 Å². The van der Waals surface area contributed by atoms with Crippen molar-refractivity contribution in [2.75, 3.05) is 19.6 Å². The fraction of sp³-hybridized carbons (Fsp3) is 0.600. The monoisotopic (exact) mass is 469 g/mol. The van der Waals surface area contributed by atoms with Crippen LogP contribution in [-0.4, -0.2) is 62.8 Å². The van der Waals surface area contributed by atoms with E-state index in [0.717, 1.165) is 48.7 Å². The number of hydrogen-bond donors (Lipinski definition) is 1. The van der Waals surface area contributed by atoms with Gasteiger partial charge in [-0.25, -0.2) is 4.98 Å². The van der Waals surface area contributed by atoms with Crippen LogP contribution in [0.25, 0.3) is 10.6 Å². The second-order valence-corrected chi connectivity index (χ2v) is 10.5. The molecule has 1 N–H and O–H groups in total. The Labute approximate surface area is 200 Å². The summed E-state index contributed by atoms with van der Waals surface area (Å²) in [6, 6.07) is 3.56. The van der Waals surface area contributed by atoms with E-state index in [1.807, 2.05) is 17.0 Å². The molecule has 7 nitrogen and oxygen atoms in total. The minimum absolute atomic E-state index is 0.0390. The summed E-state index contributed by atoms with van der Waals surface area (Å²) in [4.78, 5) is 39.9. The third-order valence-corrected chi connectivity index (χ3v) is 7.74. The van der Waals surface area contributed by atoms with E-state index in [-0.39, 0.29) is 17.9 Å². The maximum Gasteiger partial charge on any atom is 0.246 e. The van der Waals surface area contributed by atoms with Crippen molar-refractivity contribution < 1.29 is 9.59 Å². The number of rotatable bonds is 8. The molecule has 2 saturated heterocycles. The van der Waals surface area contributed by atoms with Gasteiger partial charge in [-0.3, -0.25) is 19.5 Å². The first-order chi connectivity index (χ1) is 15.9. The molecule has 0 aromatic carbocycles. The standard InChI is InChI=1S/C25H35N5O2S/c1-4-5-12-30-23(31)21(15-18(2)3)28-24(32)25(30)8-13-29(14-9-25)16-20-17-33-22(27-20)19-6-10-26-11-7-19/h6-7,10-11,17-18,21H,4-5,8-9,12-16H2,1-3H3,(H,28,32). The first kappa shape index (κ1) is 23.8. The minimum Gasteiger partial charge on any atom is -0.342 e. The van der Waals surface area contributed by atoms with Gasteiger partial charge in [0.15, 0.2) is 0 Å². The van der Waals surface area contributed by atoms with Gasteiger partial charge < -0.3 is 10.2 Å². The summed E-state index contributed by atoms with van der Waals surface area (Å²) in [5, 5.41) is 6.20. The summed E-state index contributed by atoms with van der Waals surface area (Å²) in [5.74, 6) is 0.502. The Morgan fingerprint density at radius 3 is 2.61 bits per heavy atom. The van der Waals surface area contributed by atoms with E-state index in [1.165, 1.54) is 0 Å². The third-order valence-electron chi connectivity index (χ3n) is 6.80. The average molecular weight is 470 g/mol. The van der Waals surface area contributed by atoms with Crippen molar-refractivity contribution in [1.29, 1.82) is 0 Å². The van der Waals surface area contributed by atoms with Gasteiger partial charge in [0.05, 0.1) is 5.69 Å². The number of hydrogen-bond acceptors (Lipinski definition) is 6. The number of nitrogens with one attached hydrogen (secondary N) is 1. The molecule has 2 fully saturated rings. The molecule has 0 bridgehead atoms. The van der Waals surface area contributed by atoms with Crippen molar-refractivity contribution in [3.05, 3.63) is 35.6 Å². The number of likely N-dealkylation sites (tertiary alicyclic amines) is 1. The van der Waals surface area contributed by atoms with E-state index in [9.17, 15) is 9.59 Å². The molecule has 178 valence electrons. The molecule has 4 rings (SSSR count). The predicted octanol–water partition coefficient (Wildman–Crippen LogP) is 3.71. The van der Waals surface area contributed by atoms with E-state index in [0.29, 0.717) is 31.7 Å². The zero-order valence-corrected chi connectivity index (χ0v) is 20.7. The van der Waals surface area contributed by atoms with Gasteiger partial charge in [-0.2, -0.15) is 0 Å². The quantitative estimate of drug-likeness (QED) is 0.638. The highest BCUT2D eigenvalue weighted by atomic mass is 32.1. The number of amides is 2. The van der Waals surface area contributed by atoms with Gasteiger partial charge in [0.1, 0.15) is 16.6 Å². The number of carbonyl (C=O) groups excluding carboxylic acids is 2. The maximum absolute atomic E-state index is 13.4. The number of carbonyl (C=O) groups is 2. The summed E-state index contributed by atoms with van der Waals surface area (Å²) in [7, 11) is 0. The Morgan fingerprint density at radius 1 is 1.21 bits per heavy atom. The lowest BCUT2D eigenvalue weighted by Crippen LogP contribution is -2.73. The molecule has 1 spiro atoms. The minimum atomic E-state index is -0.708. The number of piperazine rings is 1. The highest BCUT2D eigenvalue weighted by Crippen LogP contribution is 2.35. The van der Waals surface area contributed by atoms with Crippen LogP contribution in [0, 0.1) is 5.92 Å². The van der Waals surface area contributed by atoms with E-state index >= 15 is 0 Å². The Bertz CT molecular complexity index is 953. The lowest BCUT2D eigenvalue weighted by atomic mass is 9.80. The molecule has 0 saturated carbocycles. The SMILES string of the molecule is CCCCN1C(=O)C(CC(C)C)NC(=O)C12CCN(Cc1csc(-c3ccncc3)n1)CC2. The summed E-state index contributed by atoms with van der Waals surface area (Å²) >= 11 is 1.65. The molecule has 0 radical (unpaired) electrons. The summed E-state index contributed by atoms with van der Waals surface area (Å²) in [5.41, 5.74) is 1.42. The van der Waals surface area contributed by atoms with Crippen molar-refractivity contribution in [1.82, 2.24) is 25.1 Å². The zero-order chi connectivity index (χ0) is 23.4. The molecular formula is C25H35N5O2S. The number of pyridine rings is 1. The molecular weight excluding hydrogens is 434 g/mol. The lowest BCUT2D eigenvalue weighted by molar-refractivity contribution is -0.161. The second kappa shape index (κ2) is 10.3. The van der Waals surface area contributed by atoms with Gasteiger partial charge in [0.2, 0.25) is 11.8 Å². The number of aromatic nitrogens is 2. The van der Waals surface area contributed by atoms with Crippen LogP contribution in [0.5, 0.6) is 0 Å². The van der Waals surface area contributed by atoms with Crippen LogP contribution in [0.3, 0.4) is 0 Å². The summed E-state index contributed by atoms with van der Waals surface area (Å²) in [6.07, 6.45) is 7.54. The van der Waals surface area contributed by atoms with Gasteiger partial charge in [-0.05, 0) is 43.7 Å². The van der Waals surface area contributed by atoms with Crippen molar-refractivity contribution in [3.63, 3.8) is 0 Å². The van der Waals surface area contributed by atoms with E-state index in [2.05, 4.69) is 41.4 Å². The second-order valence-electron chi connectivity index (χ2n) is 9.69. The first-order valence-electron chi connectivity index (χ1n) is 12.1. The Kier molecular flexibility index (Phi) is 7.44. The molecule has 8 heteroatoms. The molecule has 2 aromatic heterocycles. The zero-order valence-electron chi connectivity index (χ0n) is 19.9. The van der Waals surface area contributed by atoms with Gasteiger partial charge in [0.25, 0.3) is 0 Å². The van der Waals surface area contributed by atoms with Crippen LogP contribution in [-0.2, 0) is 16.1 Å². The van der Waals surface area contributed by atoms with Gasteiger partial charge in [0, 0.05) is 49.5 Å². The molecule has 1 unspecified atom stereocenters. The fourth-order valence-corrected chi connectivity index (χ4v) is 5.78. The van der Waals surface area contributed by atoms with Crippen LogP contribution in [0.1, 0.15) is 58.6 Å². The Hall–Kier alpha value is -2.32. The fourth-order valence-electron chi connectivity index (χ4n) is 4.96. The molecule has 0 aliphatic carbocycles. The summed E-state index contributed by atoms with van der Waals surface area (Å²) < 4.78 is 0. The number of nitrogens with zero attached hydrogens (tertiary/aromatic N) is 4. The van der Waals surface area contributed by atoms with Crippen molar-refractivity contribution in [3.8, 4) is 10.6 Å². The van der Waals surface area contributed by atoms with Crippen LogP contribution in [0.15, 0.2) is 29.9 Å². The molecule has 1 atom stereocenters. The maximum atomic E-state index is 13.4. The topological polar surface area (TPSA) is 78.4 Å². The van der Waals surface area contributed by atoms with Crippen LogP contribution in [0.2, 0.25) is 0 Å². The van der Waals surface area contributed by atoms with E-state index < -0.39 is 5.54 Å². The molecule has 2 amide bonds. The molecule has 4 heterocycles. The Balaban J connectivity index is 1.43. The lowest BCUT2D eigenvalue weighted by Gasteiger charge is -2.52. The summed E-state index contributed by atoms with van der Waals surface area (Å²) in [6.45, 7) is 9.30. The highest BCUT2D eigenvalue weighted by molar-refractivity contribution is 7.13. The molecule has 33 heavy (non-hydrogen) atoms.